The molecule has 0 aromatic heterocycles. The Labute approximate surface area is 217 Å². The van der Waals surface area contributed by atoms with Gasteiger partial charge in [0.25, 0.3) is 5.91 Å². The highest BCUT2D eigenvalue weighted by atomic mass is 16.5. The summed E-state index contributed by atoms with van der Waals surface area (Å²) in [5.74, 6) is -0.931. The van der Waals surface area contributed by atoms with Crippen LogP contribution in [-0.2, 0) is 13.0 Å². The Morgan fingerprint density at radius 3 is 2.49 bits per heavy atom. The van der Waals surface area contributed by atoms with Crippen LogP contribution in [-0.4, -0.2) is 38.9 Å². The molecule has 2 unspecified atom stereocenters. The molecule has 0 saturated heterocycles. The fourth-order valence-electron chi connectivity index (χ4n) is 4.99. The number of hydrogen-bond acceptors (Lipinski definition) is 5. The topological polar surface area (TPSA) is 107 Å². The molecule has 4 rings (SSSR count). The minimum atomic E-state index is -1.04. The molecule has 0 aliphatic carbocycles. The maximum Gasteiger partial charge on any atom is 0.335 e. The average molecular weight is 506 g/mol. The number of aromatic hydroxyl groups is 1. The molecule has 2 aliphatic rings. The molecular formula is C30H35NO6. The number of nitrogens with zero attached hydrogens (tertiary/aromatic N) is 1. The number of aromatic carboxylic acids is 1. The molecule has 196 valence electrons. The summed E-state index contributed by atoms with van der Waals surface area (Å²) in [6.07, 6.45) is 7.16. The number of allylic oxidation sites excluding steroid dienone is 4. The van der Waals surface area contributed by atoms with E-state index in [4.69, 9.17) is 9.84 Å². The molecular weight excluding hydrogens is 470 g/mol. The van der Waals surface area contributed by atoms with Crippen molar-refractivity contribution in [3.8, 4) is 11.5 Å². The summed E-state index contributed by atoms with van der Waals surface area (Å²) in [6.45, 7) is 8.41. The summed E-state index contributed by atoms with van der Waals surface area (Å²) in [5, 5.41) is 30.9. The predicted octanol–water partition coefficient (Wildman–Crippen LogP) is 5.78. The van der Waals surface area contributed by atoms with E-state index in [1.165, 1.54) is 29.3 Å². The molecule has 7 heteroatoms. The van der Waals surface area contributed by atoms with Gasteiger partial charge in [-0.25, -0.2) is 4.79 Å². The van der Waals surface area contributed by atoms with Crippen molar-refractivity contribution in [2.45, 2.75) is 78.0 Å². The van der Waals surface area contributed by atoms with Gasteiger partial charge >= 0.3 is 5.97 Å². The van der Waals surface area contributed by atoms with Crippen LogP contribution in [0.15, 0.2) is 53.6 Å². The normalized spacial score (nSPS) is 20.8. The lowest BCUT2D eigenvalue weighted by Crippen LogP contribution is -2.49. The highest BCUT2D eigenvalue weighted by Gasteiger charge is 2.44. The maximum absolute atomic E-state index is 13.2. The highest BCUT2D eigenvalue weighted by Crippen LogP contribution is 2.47. The van der Waals surface area contributed by atoms with Crippen molar-refractivity contribution in [3.63, 3.8) is 0 Å². The van der Waals surface area contributed by atoms with Crippen LogP contribution in [0.4, 0.5) is 5.69 Å². The molecule has 2 aromatic rings. The van der Waals surface area contributed by atoms with Crippen molar-refractivity contribution in [2.24, 2.45) is 0 Å². The van der Waals surface area contributed by atoms with Gasteiger partial charge < -0.3 is 25.0 Å². The summed E-state index contributed by atoms with van der Waals surface area (Å²) < 4.78 is 6.43. The monoisotopic (exact) mass is 505 g/mol. The number of phenolic OH excluding ortho intramolecular Hbond substituents is 1. The molecule has 2 heterocycles. The van der Waals surface area contributed by atoms with Crippen molar-refractivity contribution >= 4 is 17.6 Å². The number of rotatable bonds is 8. The van der Waals surface area contributed by atoms with Crippen molar-refractivity contribution < 1.29 is 29.6 Å². The van der Waals surface area contributed by atoms with Gasteiger partial charge in [0.1, 0.15) is 17.1 Å². The third-order valence-electron chi connectivity index (χ3n) is 7.34. The third kappa shape index (κ3) is 5.42. The second-order valence-electron chi connectivity index (χ2n) is 10.5. The Hall–Kier alpha value is -3.58. The Kier molecular flexibility index (Phi) is 7.46. The summed E-state index contributed by atoms with van der Waals surface area (Å²) in [4.78, 5) is 26.0. The minimum absolute atomic E-state index is 0.0683. The second kappa shape index (κ2) is 10.4. The molecule has 0 radical (unpaired) electrons. The van der Waals surface area contributed by atoms with Crippen molar-refractivity contribution in [1.82, 2.24) is 0 Å². The second-order valence-corrected chi connectivity index (χ2v) is 10.5. The third-order valence-corrected chi connectivity index (χ3v) is 7.34. The Morgan fingerprint density at radius 2 is 1.84 bits per heavy atom. The fourth-order valence-corrected chi connectivity index (χ4v) is 4.99. The fraction of sp³-hybridized carbons (Fsp3) is 0.400. The maximum atomic E-state index is 13.2. The van der Waals surface area contributed by atoms with Crippen LogP contribution in [0.2, 0.25) is 0 Å². The lowest BCUT2D eigenvalue weighted by atomic mass is 9.84. The van der Waals surface area contributed by atoms with E-state index in [9.17, 15) is 19.8 Å². The largest absolute Gasteiger partial charge is 0.508 e. The number of ether oxygens (including phenoxy) is 1. The van der Waals surface area contributed by atoms with Gasteiger partial charge in [-0.2, -0.15) is 0 Å². The molecule has 0 fully saturated rings. The molecule has 1 amide bonds. The summed E-state index contributed by atoms with van der Waals surface area (Å²) in [7, 11) is 0. The van der Waals surface area contributed by atoms with E-state index in [0.717, 1.165) is 19.3 Å². The number of carbonyl (C=O) groups excluding carboxylic acids is 1. The summed E-state index contributed by atoms with van der Waals surface area (Å²) in [5.41, 5.74) is 3.96. The lowest BCUT2D eigenvalue weighted by Gasteiger charge is -2.40. The first kappa shape index (κ1) is 26.5. The molecule has 0 bridgehead atoms. The number of carboxylic acid groups (broad SMARTS) is 1. The lowest BCUT2D eigenvalue weighted by molar-refractivity contribution is -0.0597. The zero-order valence-corrected chi connectivity index (χ0v) is 21.9. The number of phenols is 1. The number of hydrogen-bond donors (Lipinski definition) is 3. The first-order valence-electron chi connectivity index (χ1n) is 12.7. The van der Waals surface area contributed by atoms with E-state index in [-0.39, 0.29) is 30.2 Å². The van der Waals surface area contributed by atoms with E-state index >= 15 is 0 Å². The Morgan fingerprint density at radius 1 is 1.14 bits per heavy atom. The SMILES string of the molecule is CC(C)=CCC/C(C)=C/CCC1(C)Oc2c(c(O)cc3c2CN(c2ccc(C(=O)O)cc2)C3=O)CC1O. The number of carboxylic acids is 1. The van der Waals surface area contributed by atoms with Crippen LogP contribution in [0.5, 0.6) is 11.5 Å². The van der Waals surface area contributed by atoms with E-state index < -0.39 is 17.7 Å². The molecule has 0 spiro atoms. The number of carbonyl (C=O) groups is 2. The number of benzene rings is 2. The van der Waals surface area contributed by atoms with E-state index in [1.54, 1.807) is 17.0 Å². The van der Waals surface area contributed by atoms with Gasteiger partial charge in [-0.3, -0.25) is 4.79 Å². The smallest absolute Gasteiger partial charge is 0.335 e. The van der Waals surface area contributed by atoms with Crippen LogP contribution >= 0.6 is 0 Å². The van der Waals surface area contributed by atoms with Crippen LogP contribution in [0.1, 0.15) is 85.2 Å². The van der Waals surface area contributed by atoms with Crippen LogP contribution in [0.3, 0.4) is 0 Å². The average Bonchev–Trinajstić information content (AvgIpc) is 3.16. The first-order valence-corrected chi connectivity index (χ1v) is 12.7. The van der Waals surface area contributed by atoms with Crippen molar-refractivity contribution in [2.75, 3.05) is 4.90 Å². The van der Waals surface area contributed by atoms with Crippen molar-refractivity contribution in [1.29, 1.82) is 0 Å². The standard InChI is InChI=1S/C30H35NO6/c1-18(2)7-5-8-19(3)9-6-14-30(4)26(33)16-23-25(32)15-22-24(27(23)37-30)17-31(28(22)34)21-12-10-20(11-13-21)29(35)36/h7,9-13,15,26,32-33H,5-6,8,14,16-17H2,1-4H3,(H,35,36)/b19-9+. The van der Waals surface area contributed by atoms with Crippen molar-refractivity contribution in [3.05, 3.63) is 75.9 Å². The van der Waals surface area contributed by atoms with Gasteiger partial charge in [0.05, 0.1) is 23.8 Å². The van der Waals surface area contributed by atoms with Crippen LogP contribution in [0, 0.1) is 0 Å². The van der Waals surface area contributed by atoms with Crippen LogP contribution < -0.4 is 9.64 Å². The van der Waals surface area contributed by atoms with Gasteiger partial charge in [0, 0.05) is 23.2 Å². The Balaban J connectivity index is 1.55. The molecule has 7 nitrogen and oxygen atoms in total. The van der Waals surface area contributed by atoms with Gasteiger partial charge in [0.15, 0.2) is 0 Å². The first-order chi connectivity index (χ1) is 17.5. The van der Waals surface area contributed by atoms with E-state index in [2.05, 4.69) is 32.9 Å². The zero-order valence-electron chi connectivity index (χ0n) is 21.9. The minimum Gasteiger partial charge on any atom is -0.508 e. The molecule has 3 N–H and O–H groups in total. The number of aliphatic hydroxyl groups is 1. The molecule has 2 aliphatic heterocycles. The number of amides is 1. The predicted molar refractivity (Wildman–Crippen MR) is 142 cm³/mol. The molecule has 2 aromatic carbocycles. The quantitative estimate of drug-likeness (QED) is 0.393. The summed E-state index contributed by atoms with van der Waals surface area (Å²) >= 11 is 0. The Bertz CT molecular complexity index is 1270. The van der Waals surface area contributed by atoms with E-state index in [1.807, 2.05) is 6.92 Å². The highest BCUT2D eigenvalue weighted by molar-refractivity contribution is 6.11. The number of fused-ring (bicyclic) bond motifs is 3. The molecule has 0 saturated carbocycles. The van der Waals surface area contributed by atoms with Gasteiger partial charge in [-0.15, -0.1) is 0 Å². The number of anilines is 1. The number of aliphatic hydroxyl groups excluding tert-OH is 1. The molecule has 2 atom stereocenters. The van der Waals surface area contributed by atoms with Crippen LogP contribution in [0.25, 0.3) is 0 Å². The molecule has 37 heavy (non-hydrogen) atoms. The van der Waals surface area contributed by atoms with Gasteiger partial charge in [-0.05, 0) is 83.7 Å². The van der Waals surface area contributed by atoms with E-state index in [0.29, 0.717) is 34.5 Å². The van der Waals surface area contributed by atoms with Gasteiger partial charge in [0.2, 0.25) is 0 Å². The van der Waals surface area contributed by atoms with Gasteiger partial charge in [-0.1, -0.05) is 23.3 Å². The zero-order chi connectivity index (χ0) is 26.9. The summed E-state index contributed by atoms with van der Waals surface area (Å²) in [6, 6.07) is 7.56.